The molecule has 1 heterocycles. The summed E-state index contributed by atoms with van der Waals surface area (Å²) in [6.07, 6.45) is 4.30. The molecule has 0 saturated carbocycles. The third-order valence-electron chi connectivity index (χ3n) is 1.38. The molecule has 0 atom stereocenters. The summed E-state index contributed by atoms with van der Waals surface area (Å²) in [6.45, 7) is 2.17. The first kappa shape index (κ1) is 9.80. The Kier molecular flexibility index (Phi) is 3.08. The van der Waals surface area contributed by atoms with Crippen LogP contribution in [0.2, 0.25) is 5.02 Å². The number of rotatable bonds is 3. The van der Waals surface area contributed by atoms with E-state index in [4.69, 9.17) is 16.7 Å². The number of carbonyl (C=O) groups is 1. The molecule has 0 unspecified atom stereocenters. The van der Waals surface area contributed by atoms with E-state index in [0.29, 0.717) is 17.1 Å². The van der Waals surface area contributed by atoms with Gasteiger partial charge in [-0.3, -0.25) is 4.68 Å². The first-order valence-electron chi connectivity index (χ1n) is 3.66. The summed E-state index contributed by atoms with van der Waals surface area (Å²) in [5, 5.41) is 12.9. The molecule has 0 amide bonds. The predicted octanol–water partition coefficient (Wildman–Crippen LogP) is 1.57. The Morgan fingerprint density at radius 2 is 2.54 bits per heavy atom. The second-order valence-electron chi connectivity index (χ2n) is 2.69. The maximum absolute atomic E-state index is 10.3. The highest BCUT2D eigenvalue weighted by Gasteiger charge is 1.98. The van der Waals surface area contributed by atoms with Crippen LogP contribution in [0.25, 0.3) is 0 Å². The van der Waals surface area contributed by atoms with Gasteiger partial charge in [0, 0.05) is 12.3 Å². The average molecular weight is 201 g/mol. The largest absolute Gasteiger partial charge is 0.478 e. The third kappa shape index (κ3) is 3.29. The van der Waals surface area contributed by atoms with Crippen LogP contribution in [0.5, 0.6) is 0 Å². The van der Waals surface area contributed by atoms with Crippen molar-refractivity contribution in [3.63, 3.8) is 0 Å². The Morgan fingerprint density at radius 1 is 1.85 bits per heavy atom. The standard InChI is InChI=1S/C8H9ClN2O2/c1-6(2-8(12)13)4-11-5-7(9)3-10-11/h2-3,5H,4H2,1H3,(H,12,13)/b6-2-. The number of carboxylic acid groups (broad SMARTS) is 1. The zero-order valence-electron chi connectivity index (χ0n) is 7.07. The molecule has 0 bridgehead atoms. The minimum Gasteiger partial charge on any atom is -0.478 e. The quantitative estimate of drug-likeness (QED) is 0.754. The molecule has 1 aromatic rings. The number of aromatic nitrogens is 2. The lowest BCUT2D eigenvalue weighted by Gasteiger charge is -1.99. The average Bonchev–Trinajstić information content (AvgIpc) is 2.33. The van der Waals surface area contributed by atoms with Crippen LogP contribution in [-0.4, -0.2) is 20.9 Å². The topological polar surface area (TPSA) is 55.1 Å². The number of halogens is 1. The van der Waals surface area contributed by atoms with Gasteiger partial charge < -0.3 is 5.11 Å². The van der Waals surface area contributed by atoms with E-state index in [0.717, 1.165) is 6.08 Å². The highest BCUT2D eigenvalue weighted by molar-refractivity contribution is 6.30. The van der Waals surface area contributed by atoms with Gasteiger partial charge in [-0.25, -0.2) is 4.79 Å². The van der Waals surface area contributed by atoms with Crippen LogP contribution in [0.4, 0.5) is 0 Å². The maximum atomic E-state index is 10.3. The van der Waals surface area contributed by atoms with Gasteiger partial charge in [0.1, 0.15) is 0 Å². The molecule has 0 fully saturated rings. The lowest BCUT2D eigenvalue weighted by atomic mass is 10.3. The van der Waals surface area contributed by atoms with Crippen LogP contribution in [0.15, 0.2) is 24.0 Å². The lowest BCUT2D eigenvalue weighted by Crippen LogP contribution is -2.01. The van der Waals surface area contributed by atoms with E-state index in [1.165, 1.54) is 6.20 Å². The molecule has 0 saturated heterocycles. The summed E-state index contributed by atoms with van der Waals surface area (Å²) in [5.41, 5.74) is 0.715. The van der Waals surface area contributed by atoms with Crippen LogP contribution >= 0.6 is 11.6 Å². The van der Waals surface area contributed by atoms with Crippen LogP contribution in [0.1, 0.15) is 6.92 Å². The monoisotopic (exact) mass is 200 g/mol. The van der Waals surface area contributed by atoms with E-state index in [1.54, 1.807) is 17.8 Å². The van der Waals surface area contributed by atoms with Crippen molar-refractivity contribution >= 4 is 17.6 Å². The summed E-state index contributed by atoms with van der Waals surface area (Å²) < 4.78 is 1.58. The van der Waals surface area contributed by atoms with E-state index >= 15 is 0 Å². The fraction of sp³-hybridized carbons (Fsp3) is 0.250. The van der Waals surface area contributed by atoms with Crippen molar-refractivity contribution < 1.29 is 9.90 Å². The molecule has 0 aliphatic carbocycles. The van der Waals surface area contributed by atoms with Gasteiger partial charge in [0.2, 0.25) is 0 Å². The number of aliphatic carboxylic acids is 1. The fourth-order valence-corrected chi connectivity index (χ4v) is 1.09. The molecule has 0 aromatic carbocycles. The number of hydrogen-bond donors (Lipinski definition) is 1. The van der Waals surface area contributed by atoms with Gasteiger partial charge in [0.05, 0.1) is 17.8 Å². The van der Waals surface area contributed by atoms with Gasteiger partial charge in [-0.05, 0) is 12.5 Å². The summed E-state index contributed by atoms with van der Waals surface area (Å²) >= 11 is 5.63. The van der Waals surface area contributed by atoms with Crippen molar-refractivity contribution in [3.8, 4) is 0 Å². The minimum absolute atomic E-state index is 0.443. The molecule has 0 spiro atoms. The molecule has 1 rings (SSSR count). The zero-order valence-corrected chi connectivity index (χ0v) is 7.82. The van der Waals surface area contributed by atoms with Crippen LogP contribution in [0.3, 0.4) is 0 Å². The van der Waals surface area contributed by atoms with E-state index in [9.17, 15) is 4.79 Å². The predicted molar refractivity (Wildman–Crippen MR) is 48.6 cm³/mol. The molecule has 0 aliphatic rings. The maximum Gasteiger partial charge on any atom is 0.328 e. The summed E-state index contributed by atoms with van der Waals surface area (Å²) in [7, 11) is 0. The second kappa shape index (κ2) is 4.09. The lowest BCUT2D eigenvalue weighted by molar-refractivity contribution is -0.131. The zero-order chi connectivity index (χ0) is 9.84. The van der Waals surface area contributed by atoms with Gasteiger partial charge in [0.15, 0.2) is 0 Å². The van der Waals surface area contributed by atoms with Gasteiger partial charge in [-0.1, -0.05) is 11.6 Å². The van der Waals surface area contributed by atoms with Crippen LogP contribution in [-0.2, 0) is 11.3 Å². The van der Waals surface area contributed by atoms with Crippen molar-refractivity contribution in [2.24, 2.45) is 0 Å². The van der Waals surface area contributed by atoms with Crippen LogP contribution < -0.4 is 0 Å². The molecule has 0 aliphatic heterocycles. The Labute approximate surface area is 80.4 Å². The second-order valence-corrected chi connectivity index (χ2v) is 3.12. The molecule has 13 heavy (non-hydrogen) atoms. The molecular weight excluding hydrogens is 192 g/mol. The Hall–Kier alpha value is -1.29. The van der Waals surface area contributed by atoms with Crippen molar-refractivity contribution in [2.75, 3.05) is 0 Å². The van der Waals surface area contributed by atoms with E-state index in [-0.39, 0.29) is 0 Å². The fourth-order valence-electron chi connectivity index (χ4n) is 0.937. The number of allylic oxidation sites excluding steroid dienone is 1. The highest BCUT2D eigenvalue weighted by atomic mass is 35.5. The number of hydrogen-bond acceptors (Lipinski definition) is 2. The first-order valence-corrected chi connectivity index (χ1v) is 4.04. The van der Waals surface area contributed by atoms with E-state index < -0.39 is 5.97 Å². The molecule has 4 nitrogen and oxygen atoms in total. The summed E-state index contributed by atoms with van der Waals surface area (Å²) in [6, 6.07) is 0. The Bertz CT molecular complexity index is 344. The Morgan fingerprint density at radius 3 is 3.00 bits per heavy atom. The van der Waals surface area contributed by atoms with Crippen LogP contribution in [0, 0.1) is 0 Å². The third-order valence-corrected chi connectivity index (χ3v) is 1.58. The van der Waals surface area contributed by atoms with Gasteiger partial charge >= 0.3 is 5.97 Å². The Balaban J connectivity index is 2.64. The number of carboxylic acids is 1. The highest BCUT2D eigenvalue weighted by Crippen LogP contribution is 2.06. The van der Waals surface area contributed by atoms with Crippen molar-refractivity contribution in [2.45, 2.75) is 13.5 Å². The SMILES string of the molecule is C/C(=C/C(=O)O)Cn1cc(Cl)cn1. The van der Waals surface area contributed by atoms with E-state index in [2.05, 4.69) is 5.10 Å². The molecule has 1 aromatic heterocycles. The number of nitrogens with zero attached hydrogens (tertiary/aromatic N) is 2. The summed E-state index contributed by atoms with van der Waals surface area (Å²) in [4.78, 5) is 10.3. The molecular formula is C8H9ClN2O2. The first-order chi connectivity index (χ1) is 6.08. The molecule has 1 N–H and O–H groups in total. The molecule has 70 valence electrons. The normalized spacial score (nSPS) is 11.7. The van der Waals surface area contributed by atoms with Gasteiger partial charge in [-0.2, -0.15) is 5.10 Å². The smallest absolute Gasteiger partial charge is 0.328 e. The van der Waals surface area contributed by atoms with Crippen molar-refractivity contribution in [1.82, 2.24) is 9.78 Å². The molecule has 0 radical (unpaired) electrons. The van der Waals surface area contributed by atoms with Crippen molar-refractivity contribution in [1.29, 1.82) is 0 Å². The summed E-state index contributed by atoms with van der Waals surface area (Å²) in [5.74, 6) is -0.948. The van der Waals surface area contributed by atoms with Crippen molar-refractivity contribution in [3.05, 3.63) is 29.1 Å². The van der Waals surface area contributed by atoms with Gasteiger partial charge in [-0.15, -0.1) is 0 Å². The minimum atomic E-state index is -0.948. The van der Waals surface area contributed by atoms with Gasteiger partial charge in [0.25, 0.3) is 0 Å². The van der Waals surface area contributed by atoms with E-state index in [1.807, 2.05) is 0 Å². The molecule has 5 heteroatoms.